The lowest BCUT2D eigenvalue weighted by atomic mass is 10.2. The van der Waals surface area contributed by atoms with Crippen molar-refractivity contribution in [2.45, 2.75) is 46.6 Å². The van der Waals surface area contributed by atoms with Crippen LogP contribution in [0.5, 0.6) is 5.75 Å². The summed E-state index contributed by atoms with van der Waals surface area (Å²) in [5, 5.41) is 3.38. The molecule has 0 aliphatic rings. The maximum atomic E-state index is 5.62. The number of rotatable bonds is 9. The van der Waals surface area contributed by atoms with Gasteiger partial charge in [0.1, 0.15) is 5.75 Å². The Morgan fingerprint density at radius 2 is 2.11 bits per heavy atom. The predicted octanol–water partition coefficient (Wildman–Crippen LogP) is 3.40. The highest BCUT2D eigenvalue weighted by Crippen LogP contribution is 2.10. The molecule has 0 atom stereocenters. The quantitative estimate of drug-likeness (QED) is 0.682. The number of nitrogens with one attached hydrogen (secondary N) is 1. The van der Waals surface area contributed by atoms with E-state index >= 15 is 0 Å². The number of aromatic nitrogens is 1. The highest BCUT2D eigenvalue weighted by molar-refractivity contribution is 5.19. The summed E-state index contributed by atoms with van der Waals surface area (Å²) in [7, 11) is 0. The van der Waals surface area contributed by atoms with E-state index in [2.05, 4.69) is 31.1 Å². The molecule has 1 heterocycles. The molecule has 18 heavy (non-hydrogen) atoms. The van der Waals surface area contributed by atoms with Crippen LogP contribution in [0.15, 0.2) is 18.3 Å². The minimum absolute atomic E-state index is 0.672. The molecule has 102 valence electrons. The number of unbranched alkanes of at least 4 members (excludes halogenated alkanes) is 2. The third kappa shape index (κ3) is 6.60. The second-order valence-electron chi connectivity index (χ2n) is 5.07. The van der Waals surface area contributed by atoms with E-state index in [9.17, 15) is 0 Å². The summed E-state index contributed by atoms with van der Waals surface area (Å²) in [5.41, 5.74) is 1.07. The molecule has 1 rings (SSSR count). The smallest absolute Gasteiger partial charge is 0.137 e. The minimum Gasteiger partial charge on any atom is -0.492 e. The molecular weight excluding hydrogens is 224 g/mol. The average Bonchev–Trinajstić information content (AvgIpc) is 2.36. The maximum Gasteiger partial charge on any atom is 0.137 e. The van der Waals surface area contributed by atoms with Crippen LogP contribution in [0.1, 0.15) is 45.7 Å². The van der Waals surface area contributed by atoms with Gasteiger partial charge in [0.15, 0.2) is 0 Å². The van der Waals surface area contributed by atoms with E-state index in [1.807, 2.05) is 18.3 Å². The molecule has 1 aromatic heterocycles. The largest absolute Gasteiger partial charge is 0.492 e. The first-order valence-electron chi connectivity index (χ1n) is 7.00. The second kappa shape index (κ2) is 8.92. The topological polar surface area (TPSA) is 34.1 Å². The number of ether oxygens (including phenoxy) is 1. The SMILES string of the molecule is CCCCCOc1ccc(CNCC(C)C)nc1. The van der Waals surface area contributed by atoms with Crippen LogP contribution in [0.2, 0.25) is 0 Å². The van der Waals surface area contributed by atoms with E-state index in [0.717, 1.165) is 37.6 Å². The molecule has 3 nitrogen and oxygen atoms in total. The highest BCUT2D eigenvalue weighted by Gasteiger charge is 1.98. The zero-order valence-corrected chi connectivity index (χ0v) is 11.9. The van der Waals surface area contributed by atoms with Crippen molar-refractivity contribution in [1.82, 2.24) is 10.3 Å². The fraction of sp³-hybridized carbons (Fsp3) is 0.667. The van der Waals surface area contributed by atoms with Crippen LogP contribution in [0.4, 0.5) is 0 Å². The summed E-state index contributed by atoms with van der Waals surface area (Å²) in [5.74, 6) is 1.55. The molecular formula is C15H26N2O. The molecule has 0 radical (unpaired) electrons. The first-order chi connectivity index (χ1) is 8.72. The lowest BCUT2D eigenvalue weighted by Crippen LogP contribution is -2.19. The molecule has 0 spiro atoms. The normalized spacial score (nSPS) is 10.9. The zero-order chi connectivity index (χ0) is 13.2. The first-order valence-corrected chi connectivity index (χ1v) is 7.00. The average molecular weight is 250 g/mol. The van der Waals surface area contributed by atoms with Crippen molar-refractivity contribution in [1.29, 1.82) is 0 Å². The lowest BCUT2D eigenvalue weighted by Gasteiger charge is -2.08. The van der Waals surface area contributed by atoms with E-state index in [-0.39, 0.29) is 0 Å². The van der Waals surface area contributed by atoms with Gasteiger partial charge in [-0.1, -0.05) is 33.6 Å². The van der Waals surface area contributed by atoms with E-state index in [1.54, 1.807) is 0 Å². The summed E-state index contributed by atoms with van der Waals surface area (Å²) in [6.45, 7) is 9.24. The van der Waals surface area contributed by atoms with Crippen molar-refractivity contribution in [3.63, 3.8) is 0 Å². The molecule has 1 aromatic rings. The molecule has 1 N–H and O–H groups in total. The number of pyridine rings is 1. The van der Waals surface area contributed by atoms with Crippen LogP contribution in [0, 0.1) is 5.92 Å². The molecule has 0 saturated carbocycles. The summed E-state index contributed by atoms with van der Waals surface area (Å²) in [4.78, 5) is 4.39. The Bertz CT molecular complexity index is 309. The number of nitrogens with zero attached hydrogens (tertiary/aromatic N) is 1. The van der Waals surface area contributed by atoms with Gasteiger partial charge in [-0.3, -0.25) is 4.98 Å². The Morgan fingerprint density at radius 3 is 2.72 bits per heavy atom. The standard InChI is InChI=1S/C15H26N2O/c1-4-5-6-9-18-15-8-7-14(17-12-15)11-16-10-13(2)3/h7-8,12-13,16H,4-6,9-11H2,1-3H3. The minimum atomic E-state index is 0.672. The summed E-state index contributed by atoms with van der Waals surface area (Å²) >= 11 is 0. The summed E-state index contributed by atoms with van der Waals surface area (Å²) < 4.78 is 5.62. The Balaban J connectivity index is 2.24. The van der Waals surface area contributed by atoms with Crippen LogP contribution in [-0.2, 0) is 6.54 Å². The predicted molar refractivity (Wildman–Crippen MR) is 75.8 cm³/mol. The van der Waals surface area contributed by atoms with Crippen molar-refractivity contribution in [3.05, 3.63) is 24.0 Å². The third-order valence-electron chi connectivity index (χ3n) is 2.67. The molecule has 0 amide bonds. The molecule has 0 aromatic carbocycles. The molecule has 0 aliphatic heterocycles. The Morgan fingerprint density at radius 1 is 1.28 bits per heavy atom. The number of hydrogen-bond donors (Lipinski definition) is 1. The monoisotopic (exact) mass is 250 g/mol. The highest BCUT2D eigenvalue weighted by atomic mass is 16.5. The van der Waals surface area contributed by atoms with E-state index in [4.69, 9.17) is 4.74 Å². The van der Waals surface area contributed by atoms with Gasteiger partial charge in [0.05, 0.1) is 18.5 Å². The maximum absolute atomic E-state index is 5.62. The lowest BCUT2D eigenvalue weighted by molar-refractivity contribution is 0.305. The van der Waals surface area contributed by atoms with Gasteiger partial charge in [0.25, 0.3) is 0 Å². The fourth-order valence-electron chi connectivity index (χ4n) is 1.63. The molecule has 0 unspecified atom stereocenters. The van der Waals surface area contributed by atoms with E-state index in [0.29, 0.717) is 5.92 Å². The Labute approximate surface area is 111 Å². The van der Waals surface area contributed by atoms with Gasteiger partial charge in [-0.25, -0.2) is 0 Å². The van der Waals surface area contributed by atoms with Gasteiger partial charge in [-0.05, 0) is 31.0 Å². The van der Waals surface area contributed by atoms with E-state index < -0.39 is 0 Å². The van der Waals surface area contributed by atoms with Crippen LogP contribution in [0.3, 0.4) is 0 Å². The van der Waals surface area contributed by atoms with Crippen molar-refractivity contribution in [2.75, 3.05) is 13.2 Å². The van der Waals surface area contributed by atoms with E-state index in [1.165, 1.54) is 12.8 Å². The van der Waals surface area contributed by atoms with Gasteiger partial charge in [-0.15, -0.1) is 0 Å². The first kappa shape index (κ1) is 15.0. The Hall–Kier alpha value is -1.09. The number of hydrogen-bond acceptors (Lipinski definition) is 3. The molecule has 0 bridgehead atoms. The van der Waals surface area contributed by atoms with Gasteiger partial charge in [0.2, 0.25) is 0 Å². The van der Waals surface area contributed by atoms with Crippen LogP contribution in [0.25, 0.3) is 0 Å². The fourth-order valence-corrected chi connectivity index (χ4v) is 1.63. The van der Waals surface area contributed by atoms with Gasteiger partial charge in [0, 0.05) is 6.54 Å². The van der Waals surface area contributed by atoms with Crippen LogP contribution in [-0.4, -0.2) is 18.1 Å². The second-order valence-corrected chi connectivity index (χ2v) is 5.07. The van der Waals surface area contributed by atoms with Crippen molar-refractivity contribution < 1.29 is 4.74 Å². The van der Waals surface area contributed by atoms with Crippen molar-refractivity contribution >= 4 is 0 Å². The van der Waals surface area contributed by atoms with Gasteiger partial charge < -0.3 is 10.1 Å². The molecule has 3 heteroatoms. The van der Waals surface area contributed by atoms with Crippen LogP contribution < -0.4 is 10.1 Å². The Kier molecular flexibility index (Phi) is 7.42. The van der Waals surface area contributed by atoms with Gasteiger partial charge >= 0.3 is 0 Å². The van der Waals surface area contributed by atoms with Crippen molar-refractivity contribution in [2.24, 2.45) is 5.92 Å². The summed E-state index contributed by atoms with van der Waals surface area (Å²) in [6, 6.07) is 4.04. The third-order valence-corrected chi connectivity index (χ3v) is 2.67. The molecule has 0 fully saturated rings. The molecule has 0 aliphatic carbocycles. The van der Waals surface area contributed by atoms with Crippen LogP contribution >= 0.6 is 0 Å². The molecule has 0 saturated heterocycles. The van der Waals surface area contributed by atoms with Gasteiger partial charge in [-0.2, -0.15) is 0 Å². The zero-order valence-electron chi connectivity index (χ0n) is 11.9. The van der Waals surface area contributed by atoms with Crippen molar-refractivity contribution in [3.8, 4) is 5.75 Å². The summed E-state index contributed by atoms with van der Waals surface area (Å²) in [6.07, 6.45) is 5.39.